The number of hydrogen-bond acceptors (Lipinski definition) is 5. The largest absolute Gasteiger partial charge is 0.493 e. The van der Waals surface area contributed by atoms with Gasteiger partial charge in [-0.3, -0.25) is 4.31 Å². The van der Waals surface area contributed by atoms with Gasteiger partial charge in [0.1, 0.15) is 4.21 Å². The molecule has 5 nitrogen and oxygen atoms in total. The lowest BCUT2D eigenvalue weighted by Gasteiger charge is -2.23. The topological polar surface area (TPSA) is 55.8 Å². The monoisotopic (exact) mass is 339 g/mol. The third kappa shape index (κ3) is 3.10. The second kappa shape index (κ2) is 6.85. The van der Waals surface area contributed by atoms with Crippen molar-refractivity contribution in [3.63, 3.8) is 0 Å². The first-order valence-corrected chi connectivity index (χ1v) is 8.75. The first-order valence-electron chi connectivity index (χ1n) is 6.43. The summed E-state index contributed by atoms with van der Waals surface area (Å²) in [4.78, 5) is 0. The van der Waals surface area contributed by atoms with Gasteiger partial charge in [-0.2, -0.15) is 0 Å². The molecule has 2 rings (SSSR count). The minimum absolute atomic E-state index is 0.162. The predicted octanol–water partition coefficient (Wildman–Crippen LogP) is 3.15. The normalized spacial score (nSPS) is 11.0. The third-order valence-electron chi connectivity index (χ3n) is 2.99. The van der Waals surface area contributed by atoms with E-state index in [0.29, 0.717) is 17.2 Å². The van der Waals surface area contributed by atoms with Gasteiger partial charge < -0.3 is 9.47 Å². The number of thiophene rings is 1. The Hall–Kier alpha value is -1.99. The van der Waals surface area contributed by atoms with Crippen LogP contribution in [0.3, 0.4) is 0 Å². The number of sulfonamides is 1. The molecule has 1 aromatic carbocycles. The Kier molecular flexibility index (Phi) is 5.10. The van der Waals surface area contributed by atoms with Crippen molar-refractivity contribution in [2.75, 3.05) is 25.1 Å². The lowest BCUT2D eigenvalue weighted by Crippen LogP contribution is -2.30. The van der Waals surface area contributed by atoms with E-state index in [1.807, 2.05) is 0 Å². The number of ether oxygens (including phenoxy) is 2. The highest BCUT2D eigenvalue weighted by atomic mass is 32.2. The molecule has 0 atom stereocenters. The van der Waals surface area contributed by atoms with Crippen LogP contribution in [0.2, 0.25) is 0 Å². The smallest absolute Gasteiger partial charge is 0.274 e. The van der Waals surface area contributed by atoms with Gasteiger partial charge in [0.2, 0.25) is 0 Å². The highest BCUT2D eigenvalue weighted by molar-refractivity contribution is 7.94. The number of methoxy groups -OCH3 is 2. The number of anilines is 1. The first kappa shape index (κ1) is 16.4. The van der Waals surface area contributed by atoms with Crippen molar-refractivity contribution < 1.29 is 17.9 Å². The molecule has 0 radical (unpaired) electrons. The Morgan fingerprint density at radius 3 is 2.50 bits per heavy atom. The van der Waals surface area contributed by atoms with Crippen molar-refractivity contribution in [3.8, 4) is 11.5 Å². The zero-order valence-corrected chi connectivity index (χ0v) is 14.0. The Morgan fingerprint density at radius 1 is 1.23 bits per heavy atom. The molecule has 0 fully saturated rings. The summed E-state index contributed by atoms with van der Waals surface area (Å²) in [7, 11) is -0.597. The summed E-state index contributed by atoms with van der Waals surface area (Å²) in [5, 5.41) is 1.73. The maximum absolute atomic E-state index is 12.8. The fourth-order valence-electron chi connectivity index (χ4n) is 1.96. The van der Waals surface area contributed by atoms with Crippen LogP contribution in [0.4, 0.5) is 5.69 Å². The van der Waals surface area contributed by atoms with Crippen LogP contribution in [0, 0.1) is 0 Å². The maximum atomic E-state index is 12.8. The van der Waals surface area contributed by atoms with Crippen molar-refractivity contribution in [1.82, 2.24) is 0 Å². The summed E-state index contributed by atoms with van der Waals surface area (Å²) in [6.45, 7) is 3.80. The second-order valence-electron chi connectivity index (χ2n) is 4.30. The van der Waals surface area contributed by atoms with Gasteiger partial charge in [0.25, 0.3) is 10.0 Å². The van der Waals surface area contributed by atoms with Crippen LogP contribution in [0.25, 0.3) is 0 Å². The molecule has 22 heavy (non-hydrogen) atoms. The third-order valence-corrected chi connectivity index (χ3v) is 6.16. The van der Waals surface area contributed by atoms with E-state index in [-0.39, 0.29) is 10.8 Å². The Balaban J connectivity index is 2.51. The van der Waals surface area contributed by atoms with Crippen molar-refractivity contribution in [2.45, 2.75) is 4.21 Å². The summed E-state index contributed by atoms with van der Waals surface area (Å²) in [5.41, 5.74) is 0.492. The number of nitrogens with zero attached hydrogens (tertiary/aromatic N) is 1. The average Bonchev–Trinajstić information content (AvgIpc) is 3.07. The molecule has 0 N–H and O–H groups in total. The number of rotatable bonds is 7. The molecule has 7 heteroatoms. The van der Waals surface area contributed by atoms with Crippen molar-refractivity contribution in [1.29, 1.82) is 0 Å². The molecular weight excluding hydrogens is 322 g/mol. The van der Waals surface area contributed by atoms with Gasteiger partial charge in [-0.25, -0.2) is 8.42 Å². The first-order chi connectivity index (χ1) is 10.5. The molecule has 118 valence electrons. The fraction of sp³-hybridized carbons (Fsp3) is 0.200. The van der Waals surface area contributed by atoms with Gasteiger partial charge in [0.15, 0.2) is 11.5 Å². The minimum atomic E-state index is -3.63. The van der Waals surface area contributed by atoms with E-state index in [4.69, 9.17) is 9.47 Å². The predicted molar refractivity (Wildman–Crippen MR) is 88.6 cm³/mol. The van der Waals surface area contributed by atoms with E-state index in [9.17, 15) is 8.42 Å². The van der Waals surface area contributed by atoms with E-state index >= 15 is 0 Å². The molecule has 0 bridgehead atoms. The molecule has 0 spiro atoms. The van der Waals surface area contributed by atoms with E-state index < -0.39 is 10.0 Å². The SMILES string of the molecule is C=CCN(c1ccc(OC)c(OC)c1)S(=O)(=O)c1cccs1. The van der Waals surface area contributed by atoms with Crippen molar-refractivity contribution in [3.05, 3.63) is 48.4 Å². The van der Waals surface area contributed by atoms with Crippen LogP contribution in [0.15, 0.2) is 52.6 Å². The molecule has 0 aliphatic carbocycles. The van der Waals surface area contributed by atoms with Gasteiger partial charge >= 0.3 is 0 Å². The lowest BCUT2D eigenvalue weighted by molar-refractivity contribution is 0.355. The van der Waals surface area contributed by atoms with Crippen molar-refractivity contribution in [2.24, 2.45) is 0 Å². The quantitative estimate of drug-likeness (QED) is 0.727. The average molecular weight is 339 g/mol. The zero-order valence-electron chi connectivity index (χ0n) is 12.4. The molecule has 0 aliphatic heterocycles. The van der Waals surface area contributed by atoms with Crippen LogP contribution >= 0.6 is 11.3 Å². The Bertz CT molecular complexity index is 739. The summed E-state index contributed by atoms with van der Waals surface area (Å²) >= 11 is 1.18. The van der Waals surface area contributed by atoms with Crippen LogP contribution in [0.5, 0.6) is 11.5 Å². The molecule has 1 heterocycles. The number of hydrogen-bond donors (Lipinski definition) is 0. The summed E-state index contributed by atoms with van der Waals surface area (Å²) in [6, 6.07) is 8.27. The lowest BCUT2D eigenvalue weighted by atomic mass is 10.2. The molecule has 0 aliphatic rings. The highest BCUT2D eigenvalue weighted by Gasteiger charge is 2.25. The van der Waals surface area contributed by atoms with Gasteiger partial charge in [0, 0.05) is 6.07 Å². The van der Waals surface area contributed by atoms with Crippen molar-refractivity contribution >= 4 is 27.0 Å². The molecule has 1 aromatic heterocycles. The van der Waals surface area contributed by atoms with Crippen LogP contribution < -0.4 is 13.8 Å². The molecule has 2 aromatic rings. The van der Waals surface area contributed by atoms with Gasteiger partial charge in [0.05, 0.1) is 26.5 Å². The fourth-order valence-corrected chi connectivity index (χ4v) is 4.49. The maximum Gasteiger partial charge on any atom is 0.274 e. The van der Waals surface area contributed by atoms with E-state index in [2.05, 4.69) is 6.58 Å². The van der Waals surface area contributed by atoms with E-state index in [0.717, 1.165) is 0 Å². The Morgan fingerprint density at radius 2 is 1.95 bits per heavy atom. The highest BCUT2D eigenvalue weighted by Crippen LogP contribution is 2.34. The van der Waals surface area contributed by atoms with Crippen LogP contribution in [-0.4, -0.2) is 29.2 Å². The molecule has 0 saturated heterocycles. The standard InChI is InChI=1S/C15H17NO4S2/c1-4-9-16(22(17,18)15-6-5-10-21-15)12-7-8-13(19-2)14(11-12)20-3/h4-8,10-11H,1,9H2,2-3H3. The molecule has 0 saturated carbocycles. The second-order valence-corrected chi connectivity index (χ2v) is 7.33. The van der Waals surface area contributed by atoms with E-state index in [1.165, 1.54) is 29.9 Å². The van der Waals surface area contributed by atoms with Gasteiger partial charge in [-0.1, -0.05) is 12.1 Å². The van der Waals surface area contributed by atoms with Crippen LogP contribution in [0.1, 0.15) is 0 Å². The Labute approximate surface area is 134 Å². The summed E-state index contributed by atoms with van der Waals surface area (Å²) < 4.78 is 37.5. The summed E-state index contributed by atoms with van der Waals surface area (Å²) in [5.74, 6) is 1.01. The van der Waals surface area contributed by atoms with Gasteiger partial charge in [-0.15, -0.1) is 17.9 Å². The molecular formula is C15H17NO4S2. The number of benzene rings is 1. The molecule has 0 amide bonds. The van der Waals surface area contributed by atoms with Gasteiger partial charge in [-0.05, 0) is 23.6 Å². The molecule has 0 unspecified atom stereocenters. The van der Waals surface area contributed by atoms with E-state index in [1.54, 1.807) is 41.8 Å². The zero-order chi connectivity index (χ0) is 16.2. The minimum Gasteiger partial charge on any atom is -0.493 e. The summed E-state index contributed by atoms with van der Waals surface area (Å²) in [6.07, 6.45) is 1.54. The van der Waals surface area contributed by atoms with Crippen LogP contribution in [-0.2, 0) is 10.0 Å².